The summed E-state index contributed by atoms with van der Waals surface area (Å²) in [6.07, 6.45) is -4.48. The maximum absolute atomic E-state index is 13.2. The van der Waals surface area contributed by atoms with Gasteiger partial charge in [-0.15, -0.1) is 0 Å². The number of carbonyl (C=O) groups is 1. The van der Waals surface area contributed by atoms with Crippen molar-refractivity contribution in [3.05, 3.63) is 87.4 Å². The molecule has 0 radical (unpaired) electrons. The quantitative estimate of drug-likeness (QED) is 0.333. The van der Waals surface area contributed by atoms with Crippen LogP contribution >= 0.6 is 23.2 Å². The molecule has 10 heteroatoms. The number of anilines is 1. The van der Waals surface area contributed by atoms with Gasteiger partial charge in [0, 0.05) is 26.6 Å². The van der Waals surface area contributed by atoms with Crippen LogP contribution in [0.3, 0.4) is 0 Å². The molecule has 0 spiro atoms. The first-order valence-electron chi connectivity index (χ1n) is 9.24. The zero-order valence-electron chi connectivity index (χ0n) is 16.1. The highest BCUT2D eigenvalue weighted by Gasteiger charge is 2.33. The second kappa shape index (κ2) is 8.72. The number of aromatic nitrogens is 2. The topological polar surface area (TPSA) is 67.0 Å². The first-order valence-corrected chi connectivity index (χ1v) is 10.00. The van der Waals surface area contributed by atoms with E-state index in [-0.39, 0.29) is 23.6 Å². The van der Waals surface area contributed by atoms with Crippen LogP contribution in [0.15, 0.2) is 60.7 Å². The van der Waals surface area contributed by atoms with Gasteiger partial charge in [0.2, 0.25) is 0 Å². The van der Waals surface area contributed by atoms with Crippen LogP contribution in [0.25, 0.3) is 10.9 Å². The second-order valence-corrected chi connectivity index (χ2v) is 7.71. The molecule has 5 nitrogen and oxygen atoms in total. The molecular formula is C22H14Cl2F3N3O2. The Bertz CT molecular complexity index is 1290. The van der Waals surface area contributed by atoms with Gasteiger partial charge in [-0.2, -0.15) is 18.3 Å². The van der Waals surface area contributed by atoms with Crippen LogP contribution in [0.5, 0.6) is 5.75 Å². The summed E-state index contributed by atoms with van der Waals surface area (Å²) in [7, 11) is 0. The Morgan fingerprint density at radius 1 is 1.03 bits per heavy atom. The van der Waals surface area contributed by atoms with Gasteiger partial charge in [0.1, 0.15) is 12.4 Å². The lowest BCUT2D eigenvalue weighted by atomic mass is 10.1. The predicted molar refractivity (Wildman–Crippen MR) is 116 cm³/mol. The number of ether oxygens (including phenoxy) is 1. The monoisotopic (exact) mass is 479 g/mol. The van der Waals surface area contributed by atoms with Crippen LogP contribution in [0.1, 0.15) is 21.5 Å². The molecule has 1 heterocycles. The number of carbonyl (C=O) groups excluding carboxylic acids is 1. The number of hydrogen-bond acceptors (Lipinski definition) is 3. The highest BCUT2D eigenvalue weighted by atomic mass is 35.5. The maximum Gasteiger partial charge on any atom is 0.416 e. The molecule has 32 heavy (non-hydrogen) atoms. The van der Waals surface area contributed by atoms with E-state index in [9.17, 15) is 18.0 Å². The molecule has 0 aliphatic rings. The van der Waals surface area contributed by atoms with Crippen LogP contribution < -0.4 is 10.1 Å². The van der Waals surface area contributed by atoms with Crippen molar-refractivity contribution in [3.63, 3.8) is 0 Å². The van der Waals surface area contributed by atoms with Crippen molar-refractivity contribution in [3.8, 4) is 5.75 Å². The minimum absolute atomic E-state index is 0.0126. The number of benzene rings is 3. The molecule has 0 atom stereocenters. The molecule has 4 rings (SSSR count). The van der Waals surface area contributed by atoms with Gasteiger partial charge in [-0.3, -0.25) is 9.89 Å². The number of amides is 1. The number of rotatable bonds is 5. The summed E-state index contributed by atoms with van der Waals surface area (Å²) < 4.78 is 45.1. The average molecular weight is 480 g/mol. The van der Waals surface area contributed by atoms with Crippen molar-refractivity contribution in [2.45, 2.75) is 12.8 Å². The van der Waals surface area contributed by atoms with Crippen LogP contribution in [0.4, 0.5) is 19.0 Å². The standard InChI is InChI=1S/C22H14Cl2F3N3O2/c23-14-7-13(8-15(24)9-14)21(31)28-20-17-10-16(5-6-19(17)29-30-20)32-11-12-3-1-2-4-18(12)22(25,26)27/h1-10H,11H2,(H2,28,29,30,31). The van der Waals surface area contributed by atoms with Crippen molar-refractivity contribution in [2.24, 2.45) is 0 Å². The molecular weight excluding hydrogens is 466 g/mol. The lowest BCUT2D eigenvalue weighted by Gasteiger charge is -2.13. The highest BCUT2D eigenvalue weighted by Crippen LogP contribution is 2.33. The van der Waals surface area contributed by atoms with E-state index in [1.54, 1.807) is 18.2 Å². The van der Waals surface area contributed by atoms with E-state index in [1.807, 2.05) is 0 Å². The molecule has 1 amide bonds. The van der Waals surface area contributed by atoms with E-state index in [0.29, 0.717) is 26.7 Å². The minimum Gasteiger partial charge on any atom is -0.489 e. The molecule has 1 aromatic heterocycles. The van der Waals surface area contributed by atoms with Gasteiger partial charge >= 0.3 is 6.18 Å². The normalized spacial score (nSPS) is 11.5. The third kappa shape index (κ3) is 4.81. The zero-order valence-corrected chi connectivity index (χ0v) is 17.6. The summed E-state index contributed by atoms with van der Waals surface area (Å²) in [6, 6.07) is 14.5. The van der Waals surface area contributed by atoms with Crippen molar-refractivity contribution in [1.82, 2.24) is 10.2 Å². The number of H-pyrrole nitrogens is 1. The van der Waals surface area contributed by atoms with E-state index in [4.69, 9.17) is 27.9 Å². The number of aromatic amines is 1. The molecule has 0 saturated heterocycles. The van der Waals surface area contributed by atoms with Crippen molar-refractivity contribution >= 4 is 45.8 Å². The Labute approximate surface area is 190 Å². The Kier molecular flexibility index (Phi) is 5.99. The summed E-state index contributed by atoms with van der Waals surface area (Å²) in [6.45, 7) is -0.276. The molecule has 3 aromatic carbocycles. The fraction of sp³-hybridized carbons (Fsp3) is 0.0909. The van der Waals surface area contributed by atoms with E-state index >= 15 is 0 Å². The van der Waals surface area contributed by atoms with Crippen LogP contribution in [0, 0.1) is 0 Å². The Balaban J connectivity index is 1.55. The van der Waals surface area contributed by atoms with Crippen molar-refractivity contribution in [2.75, 3.05) is 5.32 Å². The first kappa shape index (κ1) is 22.0. The Morgan fingerprint density at radius 3 is 2.47 bits per heavy atom. The van der Waals surface area contributed by atoms with Gasteiger partial charge in [-0.25, -0.2) is 0 Å². The summed E-state index contributed by atoms with van der Waals surface area (Å²) >= 11 is 11.9. The summed E-state index contributed by atoms with van der Waals surface area (Å²) in [5, 5.41) is 10.7. The smallest absolute Gasteiger partial charge is 0.416 e. The number of halogens is 5. The minimum atomic E-state index is -4.48. The maximum atomic E-state index is 13.2. The number of nitrogens with one attached hydrogen (secondary N) is 2. The van der Waals surface area contributed by atoms with E-state index in [2.05, 4.69) is 15.5 Å². The zero-order chi connectivity index (χ0) is 22.9. The van der Waals surface area contributed by atoms with Gasteiger partial charge in [-0.05, 0) is 42.5 Å². The second-order valence-electron chi connectivity index (χ2n) is 6.84. The third-order valence-corrected chi connectivity index (χ3v) is 5.04. The van der Waals surface area contributed by atoms with Crippen LogP contribution in [0.2, 0.25) is 10.0 Å². The average Bonchev–Trinajstić information content (AvgIpc) is 3.13. The Morgan fingerprint density at radius 2 is 1.75 bits per heavy atom. The van der Waals surface area contributed by atoms with E-state index < -0.39 is 17.6 Å². The number of hydrogen-bond donors (Lipinski definition) is 2. The summed E-state index contributed by atoms with van der Waals surface area (Å²) in [4.78, 5) is 12.6. The fourth-order valence-electron chi connectivity index (χ4n) is 3.13. The lowest BCUT2D eigenvalue weighted by molar-refractivity contribution is -0.138. The molecule has 0 aliphatic carbocycles. The van der Waals surface area contributed by atoms with Gasteiger partial charge in [-0.1, -0.05) is 41.4 Å². The van der Waals surface area contributed by atoms with Crippen molar-refractivity contribution < 1.29 is 22.7 Å². The largest absolute Gasteiger partial charge is 0.489 e. The molecule has 0 fully saturated rings. The summed E-state index contributed by atoms with van der Waals surface area (Å²) in [5.74, 6) is 0.0626. The molecule has 0 bridgehead atoms. The SMILES string of the molecule is O=C(Nc1n[nH]c2ccc(OCc3ccccc3C(F)(F)F)cc12)c1cc(Cl)cc(Cl)c1. The molecule has 0 aliphatic heterocycles. The number of alkyl halides is 3. The Hall–Kier alpha value is -3.23. The lowest BCUT2D eigenvalue weighted by Crippen LogP contribution is -2.12. The van der Waals surface area contributed by atoms with Gasteiger partial charge < -0.3 is 10.1 Å². The molecule has 4 aromatic rings. The fourth-order valence-corrected chi connectivity index (χ4v) is 3.65. The first-order chi connectivity index (χ1) is 15.2. The van der Waals surface area contributed by atoms with Gasteiger partial charge in [0.25, 0.3) is 5.91 Å². The van der Waals surface area contributed by atoms with Gasteiger partial charge in [0.05, 0.1) is 11.1 Å². The third-order valence-electron chi connectivity index (χ3n) is 4.61. The van der Waals surface area contributed by atoms with Crippen LogP contribution in [-0.4, -0.2) is 16.1 Å². The van der Waals surface area contributed by atoms with Crippen LogP contribution in [-0.2, 0) is 12.8 Å². The molecule has 0 saturated carbocycles. The number of fused-ring (bicyclic) bond motifs is 1. The molecule has 2 N–H and O–H groups in total. The summed E-state index contributed by atoms with van der Waals surface area (Å²) in [5.41, 5.74) is 0.110. The van der Waals surface area contributed by atoms with E-state index in [1.165, 1.54) is 36.4 Å². The van der Waals surface area contributed by atoms with Crippen molar-refractivity contribution in [1.29, 1.82) is 0 Å². The predicted octanol–water partition coefficient (Wildman–Crippen LogP) is 6.72. The van der Waals surface area contributed by atoms with E-state index in [0.717, 1.165) is 6.07 Å². The number of nitrogens with zero attached hydrogens (tertiary/aromatic N) is 1. The van der Waals surface area contributed by atoms with Gasteiger partial charge in [0.15, 0.2) is 5.82 Å². The molecule has 0 unspecified atom stereocenters. The molecule has 164 valence electrons. The highest BCUT2D eigenvalue weighted by molar-refractivity contribution is 6.35.